The Bertz CT molecular complexity index is 409. The van der Waals surface area contributed by atoms with Gasteiger partial charge < -0.3 is 5.11 Å². The van der Waals surface area contributed by atoms with Gasteiger partial charge in [0, 0.05) is 15.6 Å². The second kappa shape index (κ2) is 5.81. The standard InChI is InChI=1S/C15H20Cl2O/c1-2-3-11-6-8-15(18,9-7-11)13-10-12(16)4-5-14(13)17/h4-5,10-11,18H,2-3,6-9H2,1H3. The van der Waals surface area contributed by atoms with Crippen LogP contribution in [0.25, 0.3) is 0 Å². The van der Waals surface area contributed by atoms with Crippen molar-refractivity contribution in [3.8, 4) is 0 Å². The van der Waals surface area contributed by atoms with Gasteiger partial charge in [0.15, 0.2) is 0 Å². The second-order valence-electron chi connectivity index (χ2n) is 5.39. The molecule has 0 heterocycles. The van der Waals surface area contributed by atoms with E-state index in [0.29, 0.717) is 10.0 Å². The van der Waals surface area contributed by atoms with E-state index in [-0.39, 0.29) is 0 Å². The van der Waals surface area contributed by atoms with Crippen LogP contribution in [0.3, 0.4) is 0 Å². The van der Waals surface area contributed by atoms with Gasteiger partial charge >= 0.3 is 0 Å². The molecule has 0 atom stereocenters. The fourth-order valence-corrected chi connectivity index (χ4v) is 3.44. The van der Waals surface area contributed by atoms with Crippen molar-refractivity contribution in [1.82, 2.24) is 0 Å². The highest BCUT2D eigenvalue weighted by Gasteiger charge is 2.36. The van der Waals surface area contributed by atoms with E-state index in [4.69, 9.17) is 23.2 Å². The molecule has 100 valence electrons. The molecular weight excluding hydrogens is 267 g/mol. The van der Waals surface area contributed by atoms with Crippen LogP contribution in [-0.2, 0) is 5.60 Å². The van der Waals surface area contributed by atoms with Crippen LogP contribution in [0, 0.1) is 5.92 Å². The van der Waals surface area contributed by atoms with E-state index in [1.807, 2.05) is 6.07 Å². The number of benzene rings is 1. The third kappa shape index (κ3) is 3.01. The lowest BCUT2D eigenvalue weighted by molar-refractivity contribution is -0.0151. The van der Waals surface area contributed by atoms with Gasteiger partial charge in [0.25, 0.3) is 0 Å². The SMILES string of the molecule is CCCC1CCC(O)(c2cc(Cl)ccc2Cl)CC1. The van der Waals surface area contributed by atoms with Gasteiger partial charge in [-0.05, 0) is 49.8 Å². The Balaban J connectivity index is 2.15. The third-order valence-corrected chi connectivity index (χ3v) is 4.62. The van der Waals surface area contributed by atoms with E-state index in [0.717, 1.165) is 37.2 Å². The number of rotatable bonds is 3. The summed E-state index contributed by atoms with van der Waals surface area (Å²) in [4.78, 5) is 0. The lowest BCUT2D eigenvalue weighted by atomic mass is 9.74. The molecule has 0 aromatic heterocycles. The zero-order valence-corrected chi connectivity index (χ0v) is 12.3. The molecule has 1 aliphatic carbocycles. The van der Waals surface area contributed by atoms with E-state index in [1.54, 1.807) is 12.1 Å². The average Bonchev–Trinajstić information content (AvgIpc) is 2.36. The van der Waals surface area contributed by atoms with Crippen molar-refractivity contribution in [1.29, 1.82) is 0 Å². The van der Waals surface area contributed by atoms with Gasteiger partial charge in [-0.15, -0.1) is 0 Å². The molecule has 1 nitrogen and oxygen atoms in total. The molecule has 0 bridgehead atoms. The van der Waals surface area contributed by atoms with Crippen LogP contribution < -0.4 is 0 Å². The van der Waals surface area contributed by atoms with Gasteiger partial charge in [-0.2, -0.15) is 0 Å². The molecular formula is C15H20Cl2O. The minimum atomic E-state index is -0.785. The smallest absolute Gasteiger partial charge is 0.0911 e. The summed E-state index contributed by atoms with van der Waals surface area (Å²) in [6, 6.07) is 5.35. The molecule has 0 unspecified atom stereocenters. The molecule has 18 heavy (non-hydrogen) atoms. The fraction of sp³-hybridized carbons (Fsp3) is 0.600. The monoisotopic (exact) mass is 286 g/mol. The first-order chi connectivity index (χ1) is 8.55. The van der Waals surface area contributed by atoms with Gasteiger partial charge in [-0.1, -0.05) is 43.0 Å². The number of halogens is 2. The van der Waals surface area contributed by atoms with E-state index in [1.165, 1.54) is 12.8 Å². The van der Waals surface area contributed by atoms with Gasteiger partial charge in [-0.25, -0.2) is 0 Å². The second-order valence-corrected chi connectivity index (χ2v) is 6.23. The predicted molar refractivity (Wildman–Crippen MR) is 77.2 cm³/mol. The van der Waals surface area contributed by atoms with Crippen molar-refractivity contribution in [3.63, 3.8) is 0 Å². The van der Waals surface area contributed by atoms with Crippen molar-refractivity contribution in [2.45, 2.75) is 51.0 Å². The maximum absolute atomic E-state index is 10.8. The minimum absolute atomic E-state index is 0.621. The molecule has 0 radical (unpaired) electrons. The van der Waals surface area contributed by atoms with Gasteiger partial charge in [0.2, 0.25) is 0 Å². The largest absolute Gasteiger partial charge is 0.385 e. The number of hydrogen-bond acceptors (Lipinski definition) is 1. The zero-order valence-electron chi connectivity index (χ0n) is 10.8. The highest BCUT2D eigenvalue weighted by atomic mass is 35.5. The summed E-state index contributed by atoms with van der Waals surface area (Å²) < 4.78 is 0. The highest BCUT2D eigenvalue weighted by Crippen LogP contribution is 2.43. The molecule has 1 aliphatic rings. The summed E-state index contributed by atoms with van der Waals surface area (Å²) in [5, 5.41) is 12.0. The Kier molecular flexibility index (Phi) is 4.58. The maximum Gasteiger partial charge on any atom is 0.0911 e. The first kappa shape index (κ1) is 14.2. The van der Waals surface area contributed by atoms with Crippen molar-refractivity contribution in [2.75, 3.05) is 0 Å². The van der Waals surface area contributed by atoms with Crippen molar-refractivity contribution in [2.24, 2.45) is 5.92 Å². The van der Waals surface area contributed by atoms with Crippen LogP contribution in [0.2, 0.25) is 10.0 Å². The molecule has 3 heteroatoms. The summed E-state index contributed by atoms with van der Waals surface area (Å²) in [5.41, 5.74) is 0.0123. The minimum Gasteiger partial charge on any atom is -0.385 e. The van der Waals surface area contributed by atoms with E-state index in [2.05, 4.69) is 6.92 Å². The molecule has 1 N–H and O–H groups in total. The topological polar surface area (TPSA) is 20.2 Å². The average molecular weight is 287 g/mol. The fourth-order valence-electron chi connectivity index (χ4n) is 2.98. The van der Waals surface area contributed by atoms with Crippen molar-refractivity contribution >= 4 is 23.2 Å². The van der Waals surface area contributed by atoms with E-state index in [9.17, 15) is 5.11 Å². The van der Waals surface area contributed by atoms with Crippen LogP contribution >= 0.6 is 23.2 Å². The Morgan fingerprint density at radius 1 is 1.28 bits per heavy atom. The van der Waals surface area contributed by atoms with Crippen LogP contribution in [-0.4, -0.2) is 5.11 Å². The van der Waals surface area contributed by atoms with Crippen molar-refractivity contribution in [3.05, 3.63) is 33.8 Å². The number of aliphatic hydroxyl groups is 1. The van der Waals surface area contributed by atoms with Crippen LogP contribution in [0.4, 0.5) is 0 Å². The molecule has 0 spiro atoms. The summed E-state index contributed by atoms with van der Waals surface area (Å²) in [6.45, 7) is 2.22. The van der Waals surface area contributed by atoms with Crippen molar-refractivity contribution < 1.29 is 5.11 Å². The quantitative estimate of drug-likeness (QED) is 0.813. The Morgan fingerprint density at radius 2 is 1.94 bits per heavy atom. The lowest BCUT2D eigenvalue weighted by Crippen LogP contribution is -2.31. The molecule has 1 aromatic rings. The van der Waals surface area contributed by atoms with E-state index < -0.39 is 5.60 Å². The molecule has 0 aliphatic heterocycles. The van der Waals surface area contributed by atoms with Crippen LogP contribution in [0.5, 0.6) is 0 Å². The van der Waals surface area contributed by atoms with E-state index >= 15 is 0 Å². The van der Waals surface area contributed by atoms with Crippen LogP contribution in [0.15, 0.2) is 18.2 Å². The Hall–Kier alpha value is -0.240. The summed E-state index contributed by atoms with van der Waals surface area (Å²) in [5.74, 6) is 0.758. The first-order valence-corrected chi connectivity index (χ1v) is 7.48. The zero-order chi connectivity index (χ0) is 13.2. The van der Waals surface area contributed by atoms with Gasteiger partial charge in [0.1, 0.15) is 0 Å². The van der Waals surface area contributed by atoms with Crippen LogP contribution in [0.1, 0.15) is 51.0 Å². The normalized spacial score (nSPS) is 28.3. The Labute approximate surface area is 119 Å². The lowest BCUT2D eigenvalue weighted by Gasteiger charge is -2.37. The molecule has 2 rings (SSSR count). The van der Waals surface area contributed by atoms with Gasteiger partial charge in [-0.3, -0.25) is 0 Å². The number of hydrogen-bond donors (Lipinski definition) is 1. The molecule has 0 amide bonds. The summed E-state index contributed by atoms with van der Waals surface area (Å²) >= 11 is 12.2. The highest BCUT2D eigenvalue weighted by molar-refractivity contribution is 6.33. The first-order valence-electron chi connectivity index (χ1n) is 6.73. The molecule has 1 aromatic carbocycles. The maximum atomic E-state index is 10.8. The molecule has 0 saturated heterocycles. The summed E-state index contributed by atoms with van der Waals surface area (Å²) in [6.07, 6.45) is 6.22. The third-order valence-electron chi connectivity index (χ3n) is 4.06. The Morgan fingerprint density at radius 3 is 2.56 bits per heavy atom. The predicted octanol–water partition coefficient (Wildman–Crippen LogP) is 5.17. The van der Waals surface area contributed by atoms with Gasteiger partial charge in [0.05, 0.1) is 5.60 Å². The molecule has 1 saturated carbocycles. The summed E-state index contributed by atoms with van der Waals surface area (Å²) in [7, 11) is 0. The molecule has 1 fully saturated rings.